The van der Waals surface area contributed by atoms with Gasteiger partial charge in [0.15, 0.2) is 11.5 Å². The van der Waals surface area contributed by atoms with E-state index in [4.69, 9.17) is 9.47 Å². The second-order valence-electron chi connectivity index (χ2n) is 10.6. The zero-order chi connectivity index (χ0) is 31.4. The molecular weight excluding hydrogens is 583 g/mol. The van der Waals surface area contributed by atoms with Gasteiger partial charge < -0.3 is 20.1 Å². The molecule has 45 heavy (non-hydrogen) atoms. The predicted octanol–water partition coefficient (Wildman–Crippen LogP) is 4.67. The Hall–Kier alpha value is -5.32. The lowest BCUT2D eigenvalue weighted by atomic mass is 9.90. The van der Waals surface area contributed by atoms with Crippen molar-refractivity contribution in [1.82, 2.24) is 20.8 Å². The predicted molar refractivity (Wildman–Crippen MR) is 165 cm³/mol. The molecule has 0 fully saturated rings. The number of carbonyl (C=O) groups excluding carboxylic acids is 1. The third-order valence-corrected chi connectivity index (χ3v) is 7.66. The molecule has 3 heterocycles. The summed E-state index contributed by atoms with van der Waals surface area (Å²) < 4.78 is 50.0. The van der Waals surface area contributed by atoms with Gasteiger partial charge in [-0.1, -0.05) is 30.4 Å². The number of aromatic nitrogens is 2. The van der Waals surface area contributed by atoms with Crippen molar-refractivity contribution in [2.45, 2.75) is 38.5 Å². The zero-order valence-electron chi connectivity index (χ0n) is 24.3. The molecule has 1 atom stereocenters. The number of amidine groups is 1. The molecule has 8 nitrogen and oxygen atoms in total. The van der Waals surface area contributed by atoms with Gasteiger partial charge in [-0.15, -0.1) is 0 Å². The molecule has 3 aliphatic rings. The van der Waals surface area contributed by atoms with Crippen LogP contribution in [0.3, 0.4) is 0 Å². The van der Waals surface area contributed by atoms with Crippen LogP contribution in [0.5, 0.6) is 11.5 Å². The Morgan fingerprint density at radius 3 is 2.76 bits per heavy atom. The standard InChI is InChI=1S/C34H30F3N5O3/c1-2-28-24(19-40-42-28)6-4-14-38-33(43)27-17-32(39-18-21-8-11-25(12-9-21)34(35,36)37)41-29-7-3-5-22(15-26(27)29)23-10-13-30-31(16-23)45-20-44-30/h2,4-6,8-17,19,29,42H,3,7,18,20H2,1H3,(H,38,43)(H,39,41)/b14-4+,24-6-,28-2+. The summed E-state index contributed by atoms with van der Waals surface area (Å²) in [6.07, 6.45) is 11.6. The summed E-state index contributed by atoms with van der Waals surface area (Å²) >= 11 is 0. The number of aromatic amines is 1. The maximum absolute atomic E-state index is 13.6. The maximum Gasteiger partial charge on any atom is 0.416 e. The summed E-state index contributed by atoms with van der Waals surface area (Å²) in [6, 6.07) is 10.5. The van der Waals surface area contributed by atoms with Crippen molar-refractivity contribution in [2.24, 2.45) is 4.99 Å². The van der Waals surface area contributed by atoms with E-state index in [1.54, 1.807) is 24.5 Å². The van der Waals surface area contributed by atoms with Crippen molar-refractivity contribution < 1.29 is 27.4 Å². The second kappa shape index (κ2) is 12.7. The molecule has 11 heteroatoms. The molecule has 3 N–H and O–H groups in total. The summed E-state index contributed by atoms with van der Waals surface area (Å²) in [7, 11) is 0. The smallest absolute Gasteiger partial charge is 0.416 e. The van der Waals surface area contributed by atoms with Crippen molar-refractivity contribution in [1.29, 1.82) is 0 Å². The van der Waals surface area contributed by atoms with Gasteiger partial charge >= 0.3 is 6.18 Å². The monoisotopic (exact) mass is 613 g/mol. The first-order valence-electron chi connectivity index (χ1n) is 14.4. The van der Waals surface area contributed by atoms with E-state index >= 15 is 0 Å². The number of fused-ring (bicyclic) bond motifs is 2. The number of nitrogens with one attached hydrogen (secondary N) is 3. The van der Waals surface area contributed by atoms with Crippen molar-refractivity contribution >= 4 is 29.5 Å². The number of hydrogen-bond acceptors (Lipinski definition) is 5. The molecule has 0 saturated heterocycles. The van der Waals surface area contributed by atoms with Gasteiger partial charge in [-0.05, 0) is 90.6 Å². The summed E-state index contributed by atoms with van der Waals surface area (Å²) in [5.74, 6) is 1.52. The van der Waals surface area contributed by atoms with Gasteiger partial charge in [-0.2, -0.15) is 18.3 Å². The van der Waals surface area contributed by atoms with E-state index in [9.17, 15) is 18.0 Å². The van der Waals surface area contributed by atoms with Crippen LogP contribution in [0, 0.1) is 0 Å². The molecule has 2 aliphatic heterocycles. The minimum atomic E-state index is -4.41. The molecule has 3 aromatic rings. The maximum atomic E-state index is 13.6. The van der Waals surface area contributed by atoms with E-state index in [2.05, 4.69) is 31.9 Å². The molecule has 0 bridgehead atoms. The second-order valence-corrected chi connectivity index (χ2v) is 10.6. The first kappa shape index (κ1) is 29.7. The third-order valence-electron chi connectivity index (χ3n) is 7.66. The van der Waals surface area contributed by atoms with Gasteiger partial charge in [0.1, 0.15) is 5.84 Å². The summed E-state index contributed by atoms with van der Waals surface area (Å²) in [4.78, 5) is 18.3. The third kappa shape index (κ3) is 6.77. The number of allylic oxidation sites excluding steroid dienone is 4. The number of aliphatic imine (C=N–C) groups is 1. The highest BCUT2D eigenvalue weighted by molar-refractivity contribution is 6.09. The van der Waals surface area contributed by atoms with E-state index in [1.807, 2.05) is 43.4 Å². The zero-order valence-corrected chi connectivity index (χ0v) is 24.3. The lowest BCUT2D eigenvalue weighted by Crippen LogP contribution is -2.42. The fourth-order valence-electron chi connectivity index (χ4n) is 5.31. The Bertz CT molecular complexity index is 1880. The molecule has 1 amide bonds. The van der Waals surface area contributed by atoms with Gasteiger partial charge in [-0.25, -0.2) is 0 Å². The van der Waals surface area contributed by atoms with E-state index in [1.165, 1.54) is 12.1 Å². The average molecular weight is 614 g/mol. The topological polar surface area (TPSA) is 101 Å². The SMILES string of the molecule is C/C=c1/[nH]nc/c1=C/C=C/NC(=O)C1=CC(=NCc2ccc(C(F)(F)F)cc2)NC2CCC=C(c3ccc4c(c3)OCO4)C=C12. The molecule has 1 aliphatic carbocycles. The Morgan fingerprint density at radius 2 is 1.96 bits per heavy atom. The minimum absolute atomic E-state index is 0.147. The number of carbonyl (C=O) groups is 1. The van der Waals surface area contributed by atoms with E-state index in [-0.39, 0.29) is 25.3 Å². The van der Waals surface area contributed by atoms with Crippen LogP contribution in [0.2, 0.25) is 0 Å². The highest BCUT2D eigenvalue weighted by atomic mass is 19.4. The molecule has 6 rings (SSSR count). The first-order chi connectivity index (χ1) is 21.8. The van der Waals surface area contributed by atoms with Gasteiger partial charge in [0.25, 0.3) is 5.91 Å². The molecule has 0 saturated carbocycles. The van der Waals surface area contributed by atoms with E-state index in [0.29, 0.717) is 34.9 Å². The average Bonchev–Trinajstić information content (AvgIpc) is 3.65. The van der Waals surface area contributed by atoms with Gasteiger partial charge in [-0.3, -0.25) is 14.9 Å². The first-order valence-corrected chi connectivity index (χ1v) is 14.4. The van der Waals surface area contributed by atoms with Crippen LogP contribution < -0.4 is 30.7 Å². The normalized spacial score (nSPS) is 19.5. The highest BCUT2D eigenvalue weighted by Crippen LogP contribution is 2.37. The van der Waals surface area contributed by atoms with Crippen LogP contribution in [-0.4, -0.2) is 34.8 Å². The van der Waals surface area contributed by atoms with Crippen molar-refractivity contribution in [3.63, 3.8) is 0 Å². The largest absolute Gasteiger partial charge is 0.454 e. The number of alkyl halides is 3. The van der Waals surface area contributed by atoms with Gasteiger partial charge in [0, 0.05) is 17.0 Å². The summed E-state index contributed by atoms with van der Waals surface area (Å²) in [6.45, 7) is 2.23. The number of rotatable bonds is 6. The molecule has 1 unspecified atom stereocenters. The number of nitrogens with zero attached hydrogens (tertiary/aromatic N) is 2. The molecule has 230 valence electrons. The summed E-state index contributed by atoms with van der Waals surface area (Å²) in [5.41, 5.74) is 3.03. The fraction of sp³-hybridized carbons (Fsp3) is 0.206. The number of amides is 1. The summed E-state index contributed by atoms with van der Waals surface area (Å²) in [5, 5.41) is 15.0. The fourth-order valence-corrected chi connectivity index (χ4v) is 5.31. The Labute approximate surface area is 257 Å². The molecular formula is C34H30F3N5O3. The van der Waals surface area contributed by atoms with Crippen molar-refractivity contribution in [2.75, 3.05) is 6.79 Å². The number of ether oxygens (including phenoxy) is 2. The van der Waals surface area contributed by atoms with Crippen LogP contribution in [0.4, 0.5) is 13.2 Å². The number of hydrogen-bond donors (Lipinski definition) is 3. The number of benzene rings is 2. The Morgan fingerprint density at radius 1 is 1.13 bits per heavy atom. The van der Waals surface area contributed by atoms with Crippen LogP contribution in [0.25, 0.3) is 17.7 Å². The van der Waals surface area contributed by atoms with Crippen molar-refractivity contribution in [3.8, 4) is 11.5 Å². The van der Waals surface area contributed by atoms with Gasteiger partial charge in [0.2, 0.25) is 6.79 Å². The Balaban J connectivity index is 1.30. The molecule has 2 aromatic carbocycles. The van der Waals surface area contributed by atoms with Crippen LogP contribution in [0.1, 0.15) is 36.5 Å². The van der Waals surface area contributed by atoms with Crippen LogP contribution >= 0.6 is 0 Å². The number of halogens is 3. The van der Waals surface area contributed by atoms with Gasteiger partial charge in [0.05, 0.1) is 29.7 Å². The van der Waals surface area contributed by atoms with E-state index < -0.39 is 11.7 Å². The molecule has 0 radical (unpaired) electrons. The lowest BCUT2D eigenvalue weighted by molar-refractivity contribution is -0.137. The van der Waals surface area contributed by atoms with E-state index in [0.717, 1.165) is 45.8 Å². The number of H-pyrrole nitrogens is 1. The van der Waals surface area contributed by atoms with Crippen molar-refractivity contribution in [3.05, 3.63) is 118 Å². The lowest BCUT2D eigenvalue weighted by Gasteiger charge is -2.28. The van der Waals surface area contributed by atoms with Crippen LogP contribution in [0.15, 0.2) is 95.3 Å². The van der Waals surface area contributed by atoms with Crippen LogP contribution in [-0.2, 0) is 17.5 Å². The minimum Gasteiger partial charge on any atom is -0.454 e. The Kier molecular flexibility index (Phi) is 8.41. The molecule has 1 aromatic heterocycles. The highest BCUT2D eigenvalue weighted by Gasteiger charge is 2.31. The molecule has 0 spiro atoms. The quantitative estimate of drug-likeness (QED) is 0.376.